The smallest absolute Gasteiger partial charge is 0.211 e. The first-order chi connectivity index (χ1) is 10.1. The van der Waals surface area contributed by atoms with Gasteiger partial charge in [-0.3, -0.25) is 0 Å². The van der Waals surface area contributed by atoms with E-state index in [0.29, 0.717) is 25.4 Å². The summed E-state index contributed by atoms with van der Waals surface area (Å²) in [5.74, 6) is -0.146. The molecule has 1 aliphatic heterocycles. The highest BCUT2D eigenvalue weighted by Gasteiger charge is 2.17. The fourth-order valence-corrected chi connectivity index (χ4v) is 3.74. The molecule has 1 aromatic rings. The summed E-state index contributed by atoms with van der Waals surface area (Å²) in [6, 6.07) is 6.56. The van der Waals surface area contributed by atoms with Crippen LogP contribution in [-0.2, 0) is 16.4 Å². The first-order valence-electron chi connectivity index (χ1n) is 7.50. The van der Waals surface area contributed by atoms with Crippen LogP contribution in [0.1, 0.15) is 31.2 Å². The van der Waals surface area contributed by atoms with Gasteiger partial charge in [0.15, 0.2) is 0 Å². The van der Waals surface area contributed by atoms with Crippen LogP contribution in [0.4, 0.5) is 4.39 Å². The van der Waals surface area contributed by atoms with Crippen LogP contribution in [-0.4, -0.2) is 33.3 Å². The number of hydrogen-bond donors (Lipinski definition) is 2. The molecule has 1 unspecified atom stereocenters. The lowest BCUT2D eigenvalue weighted by atomic mass is 10.0. The van der Waals surface area contributed by atoms with Crippen molar-refractivity contribution in [1.82, 2.24) is 10.0 Å². The minimum atomic E-state index is -3.24. The van der Waals surface area contributed by atoms with Crippen LogP contribution < -0.4 is 10.0 Å². The monoisotopic (exact) mass is 314 g/mol. The molecule has 0 amide bonds. The quantitative estimate of drug-likeness (QED) is 0.807. The van der Waals surface area contributed by atoms with E-state index in [1.54, 1.807) is 12.1 Å². The van der Waals surface area contributed by atoms with Crippen LogP contribution >= 0.6 is 0 Å². The van der Waals surface area contributed by atoms with Gasteiger partial charge < -0.3 is 5.32 Å². The highest BCUT2D eigenvalue weighted by atomic mass is 32.2. The molecule has 2 rings (SSSR count). The van der Waals surface area contributed by atoms with E-state index in [9.17, 15) is 12.8 Å². The Hall–Kier alpha value is -0.980. The summed E-state index contributed by atoms with van der Waals surface area (Å²) in [7, 11) is -3.24. The number of sulfonamides is 1. The molecule has 21 heavy (non-hydrogen) atoms. The fourth-order valence-electron chi connectivity index (χ4n) is 2.58. The van der Waals surface area contributed by atoms with E-state index >= 15 is 0 Å². The van der Waals surface area contributed by atoms with Crippen molar-refractivity contribution < 1.29 is 12.8 Å². The lowest BCUT2D eigenvalue weighted by Crippen LogP contribution is -2.37. The van der Waals surface area contributed by atoms with Gasteiger partial charge in [-0.25, -0.2) is 17.5 Å². The Kier molecular flexibility index (Phi) is 6.14. The van der Waals surface area contributed by atoms with E-state index in [4.69, 9.17) is 0 Å². The SMILES string of the molecule is O=S(=O)(CCC1CCCCN1)NCCc1cccc(F)c1. The fraction of sp³-hybridized carbons (Fsp3) is 0.600. The zero-order valence-corrected chi connectivity index (χ0v) is 13.0. The number of benzene rings is 1. The minimum Gasteiger partial charge on any atom is -0.314 e. The van der Waals surface area contributed by atoms with Crippen molar-refractivity contribution in [2.24, 2.45) is 0 Å². The molecule has 1 aromatic carbocycles. The summed E-state index contributed by atoms with van der Waals surface area (Å²) < 4.78 is 39.4. The number of nitrogens with one attached hydrogen (secondary N) is 2. The highest BCUT2D eigenvalue weighted by molar-refractivity contribution is 7.89. The topological polar surface area (TPSA) is 58.2 Å². The molecule has 0 aliphatic carbocycles. The van der Waals surface area contributed by atoms with E-state index < -0.39 is 10.0 Å². The summed E-state index contributed by atoms with van der Waals surface area (Å²) >= 11 is 0. The molecular weight excluding hydrogens is 291 g/mol. The summed E-state index contributed by atoms with van der Waals surface area (Å²) in [4.78, 5) is 0. The lowest BCUT2D eigenvalue weighted by molar-refractivity contribution is 0.392. The molecule has 4 nitrogen and oxygen atoms in total. The number of halogens is 1. The number of rotatable bonds is 7. The molecule has 2 N–H and O–H groups in total. The normalized spacial score (nSPS) is 19.6. The second-order valence-electron chi connectivity index (χ2n) is 5.53. The molecule has 1 atom stereocenters. The van der Waals surface area contributed by atoms with E-state index in [-0.39, 0.29) is 11.6 Å². The van der Waals surface area contributed by atoms with Gasteiger partial charge in [0, 0.05) is 12.6 Å². The van der Waals surface area contributed by atoms with Gasteiger partial charge in [-0.05, 0) is 49.9 Å². The van der Waals surface area contributed by atoms with Gasteiger partial charge >= 0.3 is 0 Å². The molecule has 0 saturated carbocycles. The Morgan fingerprint density at radius 3 is 2.90 bits per heavy atom. The second kappa shape index (κ2) is 7.87. The van der Waals surface area contributed by atoms with Crippen molar-refractivity contribution >= 4 is 10.0 Å². The molecule has 1 fully saturated rings. The second-order valence-corrected chi connectivity index (χ2v) is 7.46. The zero-order valence-electron chi connectivity index (χ0n) is 12.1. The first kappa shape index (κ1) is 16.4. The van der Waals surface area contributed by atoms with Crippen LogP contribution in [0.25, 0.3) is 0 Å². The zero-order chi connectivity index (χ0) is 15.1. The minimum absolute atomic E-state index is 0.147. The van der Waals surface area contributed by atoms with Crippen LogP contribution in [0.15, 0.2) is 24.3 Å². The van der Waals surface area contributed by atoms with E-state index in [0.717, 1.165) is 18.5 Å². The molecule has 1 heterocycles. The Bertz CT molecular complexity index is 542. The van der Waals surface area contributed by atoms with Crippen molar-refractivity contribution in [3.05, 3.63) is 35.6 Å². The third kappa shape index (κ3) is 6.11. The molecular formula is C15H23FN2O2S. The summed E-state index contributed by atoms with van der Waals surface area (Å²) in [5, 5.41) is 3.35. The summed E-state index contributed by atoms with van der Waals surface area (Å²) in [6.45, 7) is 1.29. The average Bonchev–Trinajstić information content (AvgIpc) is 2.46. The predicted octanol–water partition coefficient (Wildman–Crippen LogP) is 1.82. The molecule has 1 saturated heterocycles. The van der Waals surface area contributed by atoms with Gasteiger partial charge in [-0.15, -0.1) is 0 Å². The largest absolute Gasteiger partial charge is 0.314 e. The van der Waals surface area contributed by atoms with Crippen molar-refractivity contribution in [2.45, 2.75) is 38.1 Å². The van der Waals surface area contributed by atoms with Crippen molar-refractivity contribution in [1.29, 1.82) is 0 Å². The van der Waals surface area contributed by atoms with Gasteiger partial charge in [-0.1, -0.05) is 18.6 Å². The molecule has 0 radical (unpaired) electrons. The summed E-state index contributed by atoms with van der Waals surface area (Å²) in [6.07, 6.45) is 4.55. The molecule has 118 valence electrons. The maximum absolute atomic E-state index is 13.0. The summed E-state index contributed by atoms with van der Waals surface area (Å²) in [5.41, 5.74) is 0.798. The standard InChI is InChI=1S/C15H23FN2O2S/c16-14-5-3-4-13(12-14)7-10-18-21(19,20)11-8-15-6-1-2-9-17-15/h3-5,12,15,17-18H,1-2,6-11H2. The Morgan fingerprint density at radius 1 is 1.33 bits per heavy atom. The number of piperidine rings is 1. The molecule has 1 aliphatic rings. The van der Waals surface area contributed by atoms with E-state index in [1.807, 2.05) is 0 Å². The Labute approximate surface area is 126 Å². The van der Waals surface area contributed by atoms with Crippen molar-refractivity contribution in [2.75, 3.05) is 18.8 Å². The first-order valence-corrected chi connectivity index (χ1v) is 9.15. The van der Waals surface area contributed by atoms with E-state index in [2.05, 4.69) is 10.0 Å². The van der Waals surface area contributed by atoms with Crippen molar-refractivity contribution in [3.8, 4) is 0 Å². The van der Waals surface area contributed by atoms with Crippen LogP contribution in [0.2, 0.25) is 0 Å². The third-order valence-corrected chi connectivity index (χ3v) is 5.19. The van der Waals surface area contributed by atoms with Crippen LogP contribution in [0.3, 0.4) is 0 Å². The van der Waals surface area contributed by atoms with Crippen LogP contribution in [0, 0.1) is 5.82 Å². The molecule has 0 spiro atoms. The van der Waals surface area contributed by atoms with Gasteiger partial charge in [0.25, 0.3) is 0 Å². The van der Waals surface area contributed by atoms with Crippen molar-refractivity contribution in [3.63, 3.8) is 0 Å². The van der Waals surface area contributed by atoms with Crippen LogP contribution in [0.5, 0.6) is 0 Å². The maximum atomic E-state index is 13.0. The Morgan fingerprint density at radius 2 is 2.19 bits per heavy atom. The Balaban J connectivity index is 1.70. The maximum Gasteiger partial charge on any atom is 0.211 e. The molecule has 6 heteroatoms. The molecule has 0 bridgehead atoms. The van der Waals surface area contributed by atoms with Gasteiger partial charge in [0.2, 0.25) is 10.0 Å². The highest BCUT2D eigenvalue weighted by Crippen LogP contribution is 2.11. The van der Waals surface area contributed by atoms with E-state index in [1.165, 1.54) is 25.0 Å². The van der Waals surface area contributed by atoms with Gasteiger partial charge in [0.05, 0.1) is 5.75 Å². The van der Waals surface area contributed by atoms with Gasteiger partial charge in [0.1, 0.15) is 5.82 Å². The predicted molar refractivity (Wildman–Crippen MR) is 82.2 cm³/mol. The average molecular weight is 314 g/mol. The molecule has 0 aromatic heterocycles. The lowest BCUT2D eigenvalue weighted by Gasteiger charge is -2.23. The third-order valence-electron chi connectivity index (χ3n) is 3.77. The van der Waals surface area contributed by atoms with Gasteiger partial charge in [-0.2, -0.15) is 0 Å². The number of hydrogen-bond acceptors (Lipinski definition) is 3.